The minimum absolute atomic E-state index is 0.0851. The molecule has 0 saturated heterocycles. The normalized spacial score (nSPS) is 14.8. The minimum atomic E-state index is -0.819. The fourth-order valence-corrected chi connectivity index (χ4v) is 5.39. The van der Waals surface area contributed by atoms with Gasteiger partial charge >= 0.3 is 5.97 Å². The van der Waals surface area contributed by atoms with Crippen molar-refractivity contribution in [2.75, 3.05) is 0 Å². The van der Waals surface area contributed by atoms with Crippen molar-refractivity contribution in [3.8, 4) is 21.8 Å². The monoisotopic (exact) mass is 434 g/mol. The molecule has 158 valence electrons. The first-order valence-electron chi connectivity index (χ1n) is 10.6. The lowest BCUT2D eigenvalue weighted by Crippen LogP contribution is -1.97. The summed E-state index contributed by atoms with van der Waals surface area (Å²) >= 11 is 1.76. The topological polar surface area (TPSA) is 50.4 Å². The van der Waals surface area contributed by atoms with E-state index in [1.807, 2.05) is 30.3 Å². The van der Waals surface area contributed by atoms with Gasteiger partial charge in [-0.15, -0.1) is 11.3 Å². The van der Waals surface area contributed by atoms with Gasteiger partial charge in [-0.1, -0.05) is 25.1 Å². The van der Waals surface area contributed by atoms with Crippen LogP contribution in [0.2, 0.25) is 0 Å². The zero-order valence-corrected chi connectivity index (χ0v) is 18.1. The number of fused-ring (bicyclic) bond motifs is 1. The van der Waals surface area contributed by atoms with Gasteiger partial charge in [-0.05, 0) is 62.1 Å². The second kappa shape index (κ2) is 7.65. The molecule has 2 aromatic heterocycles. The maximum absolute atomic E-state index is 14.4. The van der Waals surface area contributed by atoms with Crippen LogP contribution in [0.3, 0.4) is 0 Å². The second-order valence-electron chi connectivity index (χ2n) is 8.57. The van der Waals surface area contributed by atoms with Crippen molar-refractivity contribution in [2.45, 2.75) is 44.4 Å². The zero-order valence-electron chi connectivity index (χ0n) is 17.3. The minimum Gasteiger partial charge on any atom is -0.481 e. The van der Waals surface area contributed by atoms with Crippen LogP contribution in [0.15, 0.2) is 59.0 Å². The molecule has 2 heterocycles. The van der Waals surface area contributed by atoms with E-state index in [9.17, 15) is 9.18 Å². The Bertz CT molecular complexity index is 1280. The number of thiophene rings is 1. The number of halogens is 1. The van der Waals surface area contributed by atoms with Crippen LogP contribution in [0, 0.1) is 5.82 Å². The lowest BCUT2D eigenvalue weighted by atomic mass is 9.96. The summed E-state index contributed by atoms with van der Waals surface area (Å²) in [5, 5.41) is 10.0. The molecule has 3 nitrogen and oxygen atoms in total. The highest BCUT2D eigenvalue weighted by Gasteiger charge is 2.40. The van der Waals surface area contributed by atoms with Gasteiger partial charge in [0.1, 0.15) is 17.2 Å². The second-order valence-corrected chi connectivity index (χ2v) is 9.65. The van der Waals surface area contributed by atoms with Crippen LogP contribution in [0.4, 0.5) is 4.39 Å². The molecule has 5 heteroatoms. The standard InChI is InChI=1S/C26H23FO3S/c1-26(13-14-26)23-12-11-22(31-23)18-10-9-16(27)15-20(18)25-19(6-4-8-24(28)29)17-5-2-3-7-21(17)30-25/h2-3,5,7,9-12,15H,4,6,8,13-14H2,1H3,(H,28,29). The summed E-state index contributed by atoms with van der Waals surface area (Å²) in [6, 6.07) is 16.9. The van der Waals surface area contributed by atoms with E-state index >= 15 is 0 Å². The summed E-state index contributed by atoms with van der Waals surface area (Å²) < 4.78 is 20.6. The van der Waals surface area contributed by atoms with Crippen LogP contribution in [-0.2, 0) is 16.6 Å². The van der Waals surface area contributed by atoms with Crippen LogP contribution in [0.1, 0.15) is 43.0 Å². The number of carboxylic acid groups (broad SMARTS) is 1. The Morgan fingerprint density at radius 3 is 2.71 bits per heavy atom. The Morgan fingerprint density at radius 1 is 1.13 bits per heavy atom. The predicted molar refractivity (Wildman–Crippen MR) is 122 cm³/mol. The third kappa shape index (κ3) is 3.79. The fraction of sp³-hybridized carbons (Fsp3) is 0.269. The van der Waals surface area contributed by atoms with Crippen molar-refractivity contribution in [3.63, 3.8) is 0 Å². The smallest absolute Gasteiger partial charge is 0.303 e. The van der Waals surface area contributed by atoms with Gasteiger partial charge in [0.05, 0.1) is 0 Å². The SMILES string of the molecule is CC1(c2ccc(-c3ccc(F)cc3-c3oc4ccccc4c3CCCC(=O)O)s2)CC1. The van der Waals surface area contributed by atoms with E-state index < -0.39 is 5.97 Å². The molecule has 5 rings (SSSR count). The van der Waals surface area contributed by atoms with Gasteiger partial charge in [0, 0.05) is 43.7 Å². The van der Waals surface area contributed by atoms with E-state index in [1.165, 1.54) is 29.9 Å². The Labute approximate surface area is 184 Å². The van der Waals surface area contributed by atoms with E-state index in [0.29, 0.717) is 18.6 Å². The Kier molecular flexibility index (Phi) is 4.94. The number of carboxylic acids is 1. The highest BCUT2D eigenvalue weighted by molar-refractivity contribution is 7.15. The van der Waals surface area contributed by atoms with Gasteiger partial charge < -0.3 is 9.52 Å². The lowest BCUT2D eigenvalue weighted by molar-refractivity contribution is -0.137. The van der Waals surface area contributed by atoms with Crippen LogP contribution >= 0.6 is 11.3 Å². The summed E-state index contributed by atoms with van der Waals surface area (Å²) in [6.45, 7) is 2.29. The van der Waals surface area contributed by atoms with Gasteiger partial charge in [0.15, 0.2) is 0 Å². The first-order valence-corrected chi connectivity index (χ1v) is 11.4. The fourth-order valence-electron chi connectivity index (χ4n) is 4.14. The van der Waals surface area contributed by atoms with E-state index in [4.69, 9.17) is 9.52 Å². The molecule has 1 fully saturated rings. The molecule has 0 bridgehead atoms. The number of carbonyl (C=O) groups is 1. The van der Waals surface area contributed by atoms with Gasteiger partial charge in [-0.3, -0.25) is 4.79 Å². The van der Waals surface area contributed by atoms with Crippen LogP contribution in [0.5, 0.6) is 0 Å². The van der Waals surface area contributed by atoms with E-state index in [2.05, 4.69) is 19.1 Å². The summed E-state index contributed by atoms with van der Waals surface area (Å²) in [5.74, 6) is -0.504. The predicted octanol–water partition coefficient (Wildman–Crippen LogP) is 7.43. The molecule has 1 aliphatic carbocycles. The van der Waals surface area contributed by atoms with E-state index in [1.54, 1.807) is 11.3 Å². The number of hydrogen-bond acceptors (Lipinski definition) is 3. The van der Waals surface area contributed by atoms with Crippen molar-refractivity contribution in [1.29, 1.82) is 0 Å². The van der Waals surface area contributed by atoms with E-state index in [0.717, 1.165) is 32.5 Å². The number of para-hydroxylation sites is 1. The van der Waals surface area contributed by atoms with Gasteiger partial charge in [0.2, 0.25) is 0 Å². The molecule has 4 aromatic rings. The number of hydrogen-bond donors (Lipinski definition) is 1. The number of aryl methyl sites for hydroxylation is 1. The molecule has 1 N–H and O–H groups in total. The molecule has 1 saturated carbocycles. The van der Waals surface area contributed by atoms with Crippen molar-refractivity contribution < 1.29 is 18.7 Å². The first-order chi connectivity index (χ1) is 14.9. The number of aliphatic carboxylic acids is 1. The van der Waals surface area contributed by atoms with Gasteiger partial charge in [-0.25, -0.2) is 4.39 Å². The molecule has 1 aliphatic rings. The van der Waals surface area contributed by atoms with Crippen LogP contribution in [0.25, 0.3) is 32.7 Å². The summed E-state index contributed by atoms with van der Waals surface area (Å²) in [5.41, 5.74) is 3.62. The zero-order chi connectivity index (χ0) is 21.6. The molecule has 0 spiro atoms. The first kappa shape index (κ1) is 20.0. The van der Waals surface area contributed by atoms with Crippen molar-refractivity contribution in [2.24, 2.45) is 0 Å². The van der Waals surface area contributed by atoms with Crippen LogP contribution < -0.4 is 0 Å². The lowest BCUT2D eigenvalue weighted by Gasteiger charge is -2.09. The summed E-state index contributed by atoms with van der Waals surface area (Å²) in [6.07, 6.45) is 3.56. The number of furan rings is 1. The quantitative estimate of drug-likeness (QED) is 0.329. The Hall–Kier alpha value is -2.92. The molecule has 0 unspecified atom stereocenters. The Balaban J connectivity index is 1.64. The molecule has 0 amide bonds. The van der Waals surface area contributed by atoms with Gasteiger partial charge in [0.25, 0.3) is 0 Å². The third-order valence-corrected chi connectivity index (χ3v) is 7.63. The maximum Gasteiger partial charge on any atom is 0.303 e. The molecular formula is C26H23FO3S. The Morgan fingerprint density at radius 2 is 1.94 bits per heavy atom. The number of benzene rings is 2. The van der Waals surface area contributed by atoms with Crippen molar-refractivity contribution >= 4 is 28.3 Å². The largest absolute Gasteiger partial charge is 0.481 e. The van der Waals surface area contributed by atoms with Crippen molar-refractivity contribution in [1.82, 2.24) is 0 Å². The van der Waals surface area contributed by atoms with E-state index in [-0.39, 0.29) is 17.7 Å². The maximum atomic E-state index is 14.4. The molecule has 0 radical (unpaired) electrons. The molecule has 0 atom stereocenters. The highest BCUT2D eigenvalue weighted by atomic mass is 32.1. The van der Waals surface area contributed by atoms with Gasteiger partial charge in [-0.2, -0.15) is 0 Å². The van der Waals surface area contributed by atoms with Crippen LogP contribution in [-0.4, -0.2) is 11.1 Å². The average Bonchev–Trinajstić information content (AvgIpc) is 3.16. The highest BCUT2D eigenvalue weighted by Crippen LogP contribution is 2.52. The molecule has 0 aliphatic heterocycles. The summed E-state index contributed by atoms with van der Waals surface area (Å²) in [7, 11) is 0. The molecule has 2 aromatic carbocycles. The molecule has 31 heavy (non-hydrogen) atoms. The van der Waals surface area contributed by atoms with Crippen molar-refractivity contribution in [3.05, 3.63) is 70.9 Å². The summed E-state index contributed by atoms with van der Waals surface area (Å²) in [4.78, 5) is 13.5. The number of rotatable bonds is 7. The molecular weight excluding hydrogens is 411 g/mol. The average molecular weight is 435 g/mol. The third-order valence-electron chi connectivity index (χ3n) is 6.21.